The molecule has 4 rings (SSSR count). The number of benzene rings is 3. The van der Waals surface area contributed by atoms with Crippen molar-refractivity contribution in [2.24, 2.45) is 0 Å². The van der Waals surface area contributed by atoms with Gasteiger partial charge in [0.2, 0.25) is 11.8 Å². The third kappa shape index (κ3) is 4.78. The highest BCUT2D eigenvalue weighted by molar-refractivity contribution is 5.73. The van der Waals surface area contributed by atoms with Crippen molar-refractivity contribution < 1.29 is 14.6 Å². The maximum atomic E-state index is 9.98. The Balaban J connectivity index is 1.63. The molecule has 0 amide bonds. The lowest BCUT2D eigenvalue weighted by atomic mass is 10.0. The molecule has 1 N–H and O–H groups in total. The van der Waals surface area contributed by atoms with Crippen LogP contribution in [0.4, 0.5) is 0 Å². The summed E-state index contributed by atoms with van der Waals surface area (Å²) in [5, 5.41) is 9.98. The van der Waals surface area contributed by atoms with Crippen LogP contribution in [0.2, 0.25) is 0 Å². The van der Waals surface area contributed by atoms with E-state index in [1.54, 1.807) is 12.1 Å². The minimum absolute atomic E-state index is 0.203. The van der Waals surface area contributed by atoms with Crippen LogP contribution in [0, 0.1) is 6.92 Å². The van der Waals surface area contributed by atoms with Crippen LogP contribution in [-0.4, -0.2) is 10.1 Å². The Bertz CT molecular complexity index is 1110. The highest BCUT2D eigenvalue weighted by Crippen LogP contribution is 2.35. The Morgan fingerprint density at radius 2 is 1.33 bits per heavy atom. The smallest absolute Gasteiger partial charge is 0.225 e. The minimum Gasteiger partial charge on any atom is -0.508 e. The van der Waals surface area contributed by atoms with E-state index in [0.29, 0.717) is 25.0 Å². The highest BCUT2D eigenvalue weighted by Gasteiger charge is 2.14. The Morgan fingerprint density at radius 1 is 0.700 bits per heavy atom. The van der Waals surface area contributed by atoms with Gasteiger partial charge < -0.3 is 14.6 Å². The lowest BCUT2D eigenvalue weighted by Gasteiger charge is -2.15. The van der Waals surface area contributed by atoms with Gasteiger partial charge in [0.25, 0.3) is 0 Å². The van der Waals surface area contributed by atoms with Crippen LogP contribution in [0.1, 0.15) is 16.7 Å². The van der Waals surface area contributed by atoms with Gasteiger partial charge in [-0.15, -0.1) is 0 Å². The average Bonchev–Trinajstić information content (AvgIpc) is 2.79. The Labute approximate surface area is 176 Å². The topological polar surface area (TPSA) is 51.6 Å². The van der Waals surface area contributed by atoms with Crippen molar-refractivity contribution in [3.05, 3.63) is 108 Å². The van der Waals surface area contributed by atoms with Gasteiger partial charge in [-0.3, -0.25) is 0 Å². The van der Waals surface area contributed by atoms with E-state index >= 15 is 0 Å². The van der Waals surface area contributed by atoms with Crippen molar-refractivity contribution in [2.45, 2.75) is 20.1 Å². The molecular formula is C26H23NO3. The van der Waals surface area contributed by atoms with Gasteiger partial charge in [0.1, 0.15) is 19.0 Å². The predicted octanol–water partition coefficient (Wildman–Crippen LogP) is 5.92. The zero-order chi connectivity index (χ0) is 20.8. The fourth-order valence-electron chi connectivity index (χ4n) is 3.18. The molecule has 1 aromatic heterocycles. The van der Waals surface area contributed by atoms with Crippen LogP contribution in [-0.2, 0) is 13.2 Å². The Hall–Kier alpha value is -3.79. The normalized spacial score (nSPS) is 10.6. The van der Waals surface area contributed by atoms with Crippen LogP contribution < -0.4 is 9.47 Å². The van der Waals surface area contributed by atoms with Crippen LogP contribution in [0.3, 0.4) is 0 Å². The number of rotatable bonds is 7. The monoisotopic (exact) mass is 397 g/mol. The van der Waals surface area contributed by atoms with Gasteiger partial charge in [-0.2, -0.15) is 4.98 Å². The summed E-state index contributed by atoms with van der Waals surface area (Å²) in [6, 6.07) is 28.9. The number of aromatic hydroxyl groups is 1. The van der Waals surface area contributed by atoms with Gasteiger partial charge in [-0.25, -0.2) is 0 Å². The number of aromatic nitrogens is 1. The van der Waals surface area contributed by atoms with E-state index in [2.05, 4.69) is 4.98 Å². The predicted molar refractivity (Wildman–Crippen MR) is 118 cm³/mol. The van der Waals surface area contributed by atoms with Crippen LogP contribution in [0.15, 0.2) is 91.0 Å². The molecular weight excluding hydrogens is 374 g/mol. The van der Waals surface area contributed by atoms with Gasteiger partial charge in [-0.05, 0) is 47.4 Å². The molecule has 0 bridgehead atoms. The average molecular weight is 397 g/mol. The van der Waals surface area contributed by atoms with Crippen molar-refractivity contribution in [1.29, 1.82) is 0 Å². The molecule has 4 aromatic rings. The second-order valence-electron chi connectivity index (χ2n) is 7.05. The summed E-state index contributed by atoms with van der Waals surface area (Å²) in [5.41, 5.74) is 4.83. The molecule has 4 heteroatoms. The van der Waals surface area contributed by atoms with E-state index in [9.17, 15) is 5.11 Å². The van der Waals surface area contributed by atoms with E-state index in [0.717, 1.165) is 27.8 Å². The summed E-state index contributed by atoms with van der Waals surface area (Å²) < 4.78 is 12.0. The standard InChI is InChI=1S/C26H23NO3/c1-19-12-13-22(28)16-24(19)23-14-15-25(29-17-20-8-4-2-5-9-20)27-26(23)30-18-21-10-6-3-7-11-21/h2-16,28H,17-18H2,1H3. The highest BCUT2D eigenvalue weighted by atomic mass is 16.5. The van der Waals surface area contributed by atoms with Crippen LogP contribution in [0.5, 0.6) is 17.5 Å². The van der Waals surface area contributed by atoms with Gasteiger partial charge in [0.05, 0.1) is 0 Å². The van der Waals surface area contributed by atoms with E-state index in [1.165, 1.54) is 0 Å². The SMILES string of the molecule is Cc1ccc(O)cc1-c1ccc(OCc2ccccc2)nc1OCc1ccccc1. The zero-order valence-electron chi connectivity index (χ0n) is 16.8. The third-order valence-corrected chi connectivity index (χ3v) is 4.79. The van der Waals surface area contributed by atoms with Crippen LogP contribution in [0.25, 0.3) is 11.1 Å². The quantitative estimate of drug-likeness (QED) is 0.420. The number of ether oxygens (including phenoxy) is 2. The fraction of sp³-hybridized carbons (Fsp3) is 0.115. The number of phenolic OH excluding ortho intramolecular Hbond substituents is 1. The van der Waals surface area contributed by atoms with E-state index in [-0.39, 0.29) is 5.75 Å². The summed E-state index contributed by atoms with van der Waals surface area (Å²) in [4.78, 5) is 4.62. The first-order valence-corrected chi connectivity index (χ1v) is 9.83. The molecule has 0 aliphatic heterocycles. The maximum Gasteiger partial charge on any atom is 0.225 e. The summed E-state index contributed by atoms with van der Waals surface area (Å²) in [6.07, 6.45) is 0. The summed E-state index contributed by atoms with van der Waals surface area (Å²) in [5.74, 6) is 1.16. The molecule has 0 saturated heterocycles. The molecule has 0 aliphatic rings. The van der Waals surface area contributed by atoms with Gasteiger partial charge in [0, 0.05) is 11.6 Å². The van der Waals surface area contributed by atoms with Crippen molar-refractivity contribution in [3.63, 3.8) is 0 Å². The summed E-state index contributed by atoms with van der Waals surface area (Å²) in [6.45, 7) is 2.81. The van der Waals surface area contributed by atoms with E-state index < -0.39 is 0 Å². The second-order valence-corrected chi connectivity index (χ2v) is 7.05. The molecule has 0 saturated carbocycles. The van der Waals surface area contributed by atoms with Crippen molar-refractivity contribution in [3.8, 4) is 28.6 Å². The molecule has 4 nitrogen and oxygen atoms in total. The van der Waals surface area contributed by atoms with E-state index in [4.69, 9.17) is 9.47 Å². The number of nitrogens with zero attached hydrogens (tertiary/aromatic N) is 1. The molecule has 30 heavy (non-hydrogen) atoms. The molecule has 0 spiro atoms. The molecule has 3 aromatic carbocycles. The molecule has 150 valence electrons. The van der Waals surface area contributed by atoms with Gasteiger partial charge in [-0.1, -0.05) is 66.7 Å². The first kappa shape index (κ1) is 19.5. The lowest BCUT2D eigenvalue weighted by Crippen LogP contribution is -2.02. The number of hydrogen-bond donors (Lipinski definition) is 1. The van der Waals surface area contributed by atoms with Crippen molar-refractivity contribution in [1.82, 2.24) is 4.98 Å². The third-order valence-electron chi connectivity index (χ3n) is 4.79. The van der Waals surface area contributed by atoms with E-state index in [1.807, 2.05) is 85.8 Å². The largest absolute Gasteiger partial charge is 0.508 e. The van der Waals surface area contributed by atoms with Crippen molar-refractivity contribution >= 4 is 0 Å². The molecule has 0 atom stereocenters. The van der Waals surface area contributed by atoms with Gasteiger partial charge >= 0.3 is 0 Å². The number of aryl methyl sites for hydroxylation is 1. The molecule has 0 aliphatic carbocycles. The first-order valence-electron chi connectivity index (χ1n) is 9.83. The second kappa shape index (κ2) is 9.14. The zero-order valence-corrected chi connectivity index (χ0v) is 16.8. The number of hydrogen-bond acceptors (Lipinski definition) is 4. The summed E-state index contributed by atoms with van der Waals surface area (Å²) >= 11 is 0. The first-order chi connectivity index (χ1) is 14.7. The number of phenols is 1. The molecule has 0 radical (unpaired) electrons. The molecule has 1 heterocycles. The Kier molecular flexibility index (Phi) is 5.95. The fourth-order valence-corrected chi connectivity index (χ4v) is 3.18. The maximum absolute atomic E-state index is 9.98. The molecule has 0 fully saturated rings. The van der Waals surface area contributed by atoms with Crippen molar-refractivity contribution in [2.75, 3.05) is 0 Å². The lowest BCUT2D eigenvalue weighted by molar-refractivity contribution is 0.268. The van der Waals surface area contributed by atoms with Gasteiger partial charge in [0.15, 0.2) is 0 Å². The number of pyridine rings is 1. The molecule has 0 unspecified atom stereocenters. The Morgan fingerprint density at radius 3 is 2.00 bits per heavy atom. The summed E-state index contributed by atoms with van der Waals surface area (Å²) in [7, 11) is 0. The van der Waals surface area contributed by atoms with Crippen LogP contribution >= 0.6 is 0 Å². The minimum atomic E-state index is 0.203.